The average Bonchev–Trinajstić information content (AvgIpc) is 2.98. The number of rotatable bonds is 31. The summed E-state index contributed by atoms with van der Waals surface area (Å²) >= 11 is 0. The highest BCUT2D eigenvalue weighted by Crippen LogP contribution is 2.42. The molecule has 0 heterocycles. The largest absolute Gasteiger partial charge is 0.472 e. The molecule has 0 aromatic carbocycles. The van der Waals surface area contributed by atoms with Crippen molar-refractivity contribution in [2.75, 3.05) is 26.4 Å². The van der Waals surface area contributed by atoms with Gasteiger partial charge in [-0.3, -0.25) is 18.6 Å². The molecular formula is C33H62NO8P. The number of phosphoric acid groups is 1. The normalized spacial score (nSPS) is 13.9. The first-order chi connectivity index (χ1) is 20.8. The van der Waals surface area contributed by atoms with E-state index in [1.54, 1.807) is 0 Å². The fourth-order valence-corrected chi connectivity index (χ4v) is 5.05. The second kappa shape index (κ2) is 30.5. The summed E-state index contributed by atoms with van der Waals surface area (Å²) in [5.41, 5.74) is 0. The molecule has 0 aliphatic rings. The lowest BCUT2D eigenvalue weighted by atomic mass is 10.1. The molecule has 0 fully saturated rings. The zero-order valence-corrected chi connectivity index (χ0v) is 28.0. The molecule has 0 saturated heterocycles. The molecule has 252 valence electrons. The number of aliphatic hydroxyl groups is 1. The van der Waals surface area contributed by atoms with Crippen LogP contribution in [0.25, 0.3) is 0 Å². The average molecular weight is 632 g/mol. The standard InChI is InChI=1S/C33H62NO8P/c1-3-5-7-8-9-10-11-12-13-14-15-16-17-18-19-20-21-22-24-25-32(36)34-27-28-41-43(38,39)42-30-31(35)29-40-33(37)26-23-6-4-2/h9-10,12-13,31,35H,3-8,11,14-30H2,1-2H3,(H,34,36)(H,38,39)/b10-9-,13-12-. The first-order valence-electron chi connectivity index (χ1n) is 16.8. The third-order valence-electron chi connectivity index (χ3n) is 6.88. The van der Waals surface area contributed by atoms with Gasteiger partial charge in [0.2, 0.25) is 5.91 Å². The van der Waals surface area contributed by atoms with Gasteiger partial charge in [0.1, 0.15) is 12.7 Å². The lowest BCUT2D eigenvalue weighted by Gasteiger charge is -2.15. The van der Waals surface area contributed by atoms with E-state index in [1.165, 1.54) is 70.6 Å². The summed E-state index contributed by atoms with van der Waals surface area (Å²) in [7, 11) is -4.39. The SMILES string of the molecule is CCCCC/C=C\C/C=C\CCCCCCCCCCCC(=O)NCCOP(=O)(O)OCC(O)COC(=O)CCCCC. The summed E-state index contributed by atoms with van der Waals surface area (Å²) in [4.78, 5) is 33.2. The summed E-state index contributed by atoms with van der Waals surface area (Å²) in [5.74, 6) is -0.547. The molecule has 2 unspecified atom stereocenters. The van der Waals surface area contributed by atoms with E-state index >= 15 is 0 Å². The van der Waals surface area contributed by atoms with Crippen LogP contribution in [0.3, 0.4) is 0 Å². The molecule has 0 aromatic rings. The number of aliphatic hydroxyl groups excluding tert-OH is 1. The summed E-state index contributed by atoms with van der Waals surface area (Å²) < 4.78 is 26.4. The number of amides is 1. The number of carbonyl (C=O) groups excluding carboxylic acids is 2. The van der Waals surface area contributed by atoms with Gasteiger partial charge in [0, 0.05) is 19.4 Å². The van der Waals surface area contributed by atoms with E-state index in [9.17, 15) is 24.2 Å². The highest BCUT2D eigenvalue weighted by Gasteiger charge is 2.23. The highest BCUT2D eigenvalue weighted by molar-refractivity contribution is 7.47. The van der Waals surface area contributed by atoms with Crippen LogP contribution < -0.4 is 5.32 Å². The molecule has 1 amide bonds. The van der Waals surface area contributed by atoms with Crippen molar-refractivity contribution in [1.29, 1.82) is 0 Å². The van der Waals surface area contributed by atoms with Gasteiger partial charge < -0.3 is 20.1 Å². The Morgan fingerprint density at radius 1 is 0.721 bits per heavy atom. The van der Waals surface area contributed by atoms with Gasteiger partial charge in [-0.05, 0) is 44.9 Å². The Morgan fingerprint density at radius 2 is 1.26 bits per heavy atom. The van der Waals surface area contributed by atoms with Crippen LogP contribution in [0.5, 0.6) is 0 Å². The minimum Gasteiger partial charge on any atom is -0.463 e. The summed E-state index contributed by atoms with van der Waals surface area (Å²) in [6.45, 7) is 3.30. The van der Waals surface area contributed by atoms with E-state index in [0.717, 1.165) is 44.9 Å². The van der Waals surface area contributed by atoms with E-state index < -0.39 is 26.5 Å². The van der Waals surface area contributed by atoms with Gasteiger partial charge in [-0.1, -0.05) is 109 Å². The van der Waals surface area contributed by atoms with Crippen LogP contribution >= 0.6 is 7.82 Å². The number of ether oxygens (including phenoxy) is 1. The molecular weight excluding hydrogens is 569 g/mol. The lowest BCUT2D eigenvalue weighted by Crippen LogP contribution is -2.27. The Kier molecular flexibility index (Phi) is 29.4. The smallest absolute Gasteiger partial charge is 0.463 e. The molecule has 43 heavy (non-hydrogen) atoms. The molecule has 2 atom stereocenters. The van der Waals surface area contributed by atoms with E-state index in [-0.39, 0.29) is 32.1 Å². The Hall–Kier alpha value is -1.51. The Balaban J connectivity index is 3.56. The number of esters is 1. The second-order valence-electron chi connectivity index (χ2n) is 11.1. The van der Waals surface area contributed by atoms with Crippen LogP contribution in [0.4, 0.5) is 0 Å². The summed E-state index contributed by atoms with van der Waals surface area (Å²) in [5, 5.41) is 12.4. The third-order valence-corrected chi connectivity index (χ3v) is 7.87. The van der Waals surface area contributed by atoms with Crippen molar-refractivity contribution in [3.05, 3.63) is 24.3 Å². The Morgan fingerprint density at radius 3 is 1.88 bits per heavy atom. The zero-order valence-electron chi connectivity index (χ0n) is 27.1. The number of phosphoric ester groups is 1. The first-order valence-corrected chi connectivity index (χ1v) is 18.3. The topological polar surface area (TPSA) is 131 Å². The van der Waals surface area contributed by atoms with Gasteiger partial charge in [0.25, 0.3) is 0 Å². The lowest BCUT2D eigenvalue weighted by molar-refractivity contribution is -0.147. The van der Waals surface area contributed by atoms with Crippen molar-refractivity contribution in [1.82, 2.24) is 5.32 Å². The molecule has 0 radical (unpaired) electrons. The molecule has 0 aromatic heterocycles. The predicted molar refractivity (Wildman–Crippen MR) is 174 cm³/mol. The minimum absolute atomic E-state index is 0.0800. The fraction of sp³-hybridized carbons (Fsp3) is 0.818. The molecule has 3 N–H and O–H groups in total. The molecule has 0 aliphatic heterocycles. The third kappa shape index (κ3) is 31.7. The molecule has 0 bridgehead atoms. The van der Waals surface area contributed by atoms with E-state index in [0.29, 0.717) is 6.42 Å². The van der Waals surface area contributed by atoms with Gasteiger partial charge >= 0.3 is 13.8 Å². The molecule has 9 nitrogen and oxygen atoms in total. The summed E-state index contributed by atoms with van der Waals surface area (Å²) in [6.07, 6.45) is 29.1. The van der Waals surface area contributed by atoms with E-state index in [4.69, 9.17) is 13.8 Å². The van der Waals surface area contributed by atoms with Crippen molar-refractivity contribution >= 4 is 19.7 Å². The van der Waals surface area contributed by atoms with Crippen molar-refractivity contribution < 1.29 is 37.9 Å². The number of unbranched alkanes of at least 4 members (excludes halogenated alkanes) is 14. The van der Waals surface area contributed by atoms with E-state index in [1.807, 2.05) is 6.92 Å². The highest BCUT2D eigenvalue weighted by atomic mass is 31.2. The maximum absolute atomic E-state index is 12.0. The molecule has 0 aliphatic carbocycles. The van der Waals surface area contributed by atoms with Crippen LogP contribution in [-0.4, -0.2) is 54.3 Å². The monoisotopic (exact) mass is 631 g/mol. The predicted octanol–water partition coefficient (Wildman–Crippen LogP) is 8.09. The molecule has 0 rings (SSSR count). The molecule has 0 saturated carbocycles. The van der Waals surface area contributed by atoms with Gasteiger partial charge in [-0.15, -0.1) is 0 Å². The summed E-state index contributed by atoms with van der Waals surface area (Å²) in [6, 6.07) is 0. The molecule has 10 heteroatoms. The van der Waals surface area contributed by atoms with Crippen molar-refractivity contribution in [2.24, 2.45) is 0 Å². The number of hydrogen-bond donors (Lipinski definition) is 3. The van der Waals surface area contributed by atoms with Crippen molar-refractivity contribution in [2.45, 2.75) is 148 Å². The Labute approximate surface area is 261 Å². The quantitative estimate of drug-likeness (QED) is 0.0303. The van der Waals surface area contributed by atoms with Gasteiger partial charge in [-0.25, -0.2) is 4.57 Å². The Bertz CT molecular complexity index is 774. The number of hydrogen-bond acceptors (Lipinski definition) is 7. The van der Waals surface area contributed by atoms with Gasteiger partial charge in [-0.2, -0.15) is 0 Å². The minimum atomic E-state index is -4.39. The second-order valence-corrected chi connectivity index (χ2v) is 12.6. The number of allylic oxidation sites excluding steroid dienone is 4. The maximum atomic E-state index is 12.0. The number of carbonyl (C=O) groups is 2. The van der Waals surface area contributed by atoms with Crippen LogP contribution in [0, 0.1) is 0 Å². The van der Waals surface area contributed by atoms with Gasteiger partial charge in [0.05, 0.1) is 13.2 Å². The maximum Gasteiger partial charge on any atom is 0.472 e. The zero-order chi connectivity index (χ0) is 31.9. The van der Waals surface area contributed by atoms with Crippen LogP contribution in [0.15, 0.2) is 24.3 Å². The van der Waals surface area contributed by atoms with E-state index in [2.05, 4.69) is 36.5 Å². The number of nitrogens with one attached hydrogen (secondary N) is 1. The van der Waals surface area contributed by atoms with Crippen molar-refractivity contribution in [3.8, 4) is 0 Å². The fourth-order valence-electron chi connectivity index (χ4n) is 4.29. The van der Waals surface area contributed by atoms with Gasteiger partial charge in [0.15, 0.2) is 0 Å². The van der Waals surface area contributed by atoms with Crippen molar-refractivity contribution in [3.63, 3.8) is 0 Å². The molecule has 0 spiro atoms. The van der Waals surface area contributed by atoms with Crippen LogP contribution in [0.1, 0.15) is 142 Å². The first kappa shape index (κ1) is 41.5. The van der Waals surface area contributed by atoms with Crippen LogP contribution in [0.2, 0.25) is 0 Å². The van der Waals surface area contributed by atoms with Crippen LogP contribution in [-0.2, 0) is 27.9 Å².